The Morgan fingerprint density at radius 2 is 2.11 bits per heavy atom. The Balaban J connectivity index is 1.97. The minimum absolute atomic E-state index is 0.133. The molecule has 1 aliphatic carbocycles. The fourth-order valence-corrected chi connectivity index (χ4v) is 2.53. The molecule has 3 heteroatoms. The maximum absolute atomic E-state index is 13.7. The van der Waals surface area contributed by atoms with Crippen molar-refractivity contribution in [2.24, 2.45) is 5.92 Å². The topological polar surface area (TPSA) is 15.3 Å². The minimum Gasteiger partial charge on any atom is -0.374 e. The molecule has 0 radical (unpaired) electrons. The molecule has 2 nitrogen and oxygen atoms in total. The van der Waals surface area contributed by atoms with Crippen LogP contribution in [0.25, 0.3) is 0 Å². The Labute approximate surface area is 116 Å². The Morgan fingerprint density at radius 1 is 1.32 bits per heavy atom. The summed E-state index contributed by atoms with van der Waals surface area (Å²) < 4.78 is 13.7. The molecule has 19 heavy (non-hydrogen) atoms. The van der Waals surface area contributed by atoms with Crippen LogP contribution in [0.1, 0.15) is 38.2 Å². The van der Waals surface area contributed by atoms with Crippen LogP contribution in [0, 0.1) is 11.7 Å². The zero-order valence-corrected chi connectivity index (χ0v) is 12.1. The second-order valence-corrected chi connectivity index (χ2v) is 5.67. The predicted octanol–water partition coefficient (Wildman–Crippen LogP) is 3.56. The summed E-state index contributed by atoms with van der Waals surface area (Å²) in [5, 5.41) is 3.32. The van der Waals surface area contributed by atoms with Crippen molar-refractivity contribution >= 4 is 5.69 Å². The van der Waals surface area contributed by atoms with Gasteiger partial charge in [-0.25, -0.2) is 4.39 Å². The minimum atomic E-state index is -0.133. The average Bonchev–Trinajstić information content (AvgIpc) is 2.33. The summed E-state index contributed by atoms with van der Waals surface area (Å²) >= 11 is 0. The van der Waals surface area contributed by atoms with Gasteiger partial charge < -0.3 is 10.2 Å². The van der Waals surface area contributed by atoms with E-state index in [1.807, 2.05) is 0 Å². The first-order valence-corrected chi connectivity index (χ1v) is 7.40. The number of hydrogen-bond donors (Lipinski definition) is 1. The summed E-state index contributed by atoms with van der Waals surface area (Å²) in [6.07, 6.45) is 5.10. The largest absolute Gasteiger partial charge is 0.374 e. The molecule has 1 aromatic carbocycles. The lowest BCUT2D eigenvalue weighted by molar-refractivity contribution is 0.321. The highest BCUT2D eigenvalue weighted by Gasteiger charge is 2.19. The summed E-state index contributed by atoms with van der Waals surface area (Å²) in [5.74, 6) is 0.668. The fraction of sp³-hybridized carbons (Fsp3) is 0.625. The van der Waals surface area contributed by atoms with Crippen molar-refractivity contribution in [1.29, 1.82) is 0 Å². The summed E-state index contributed by atoms with van der Waals surface area (Å²) in [6, 6.07) is 5.37. The standard InChI is InChI=1S/C16H25FN2/c1-3-7-18-11-14-8-15(17)10-16(9-14)19(2)12-13-5-4-6-13/h8-10,13,18H,3-7,11-12H2,1-2H3. The van der Waals surface area contributed by atoms with Gasteiger partial charge in [0.2, 0.25) is 0 Å². The average molecular weight is 264 g/mol. The Hall–Kier alpha value is -1.09. The molecule has 0 saturated heterocycles. The molecule has 0 bridgehead atoms. The van der Waals surface area contributed by atoms with Crippen molar-refractivity contribution in [2.75, 3.05) is 25.0 Å². The Morgan fingerprint density at radius 3 is 2.74 bits per heavy atom. The van der Waals surface area contributed by atoms with Gasteiger partial charge >= 0.3 is 0 Å². The van der Waals surface area contributed by atoms with Gasteiger partial charge in [-0.15, -0.1) is 0 Å². The molecule has 1 N–H and O–H groups in total. The summed E-state index contributed by atoms with van der Waals surface area (Å²) in [7, 11) is 2.07. The Bertz CT molecular complexity index is 402. The van der Waals surface area contributed by atoms with Gasteiger partial charge in [-0.3, -0.25) is 0 Å². The molecule has 0 heterocycles. The normalized spacial score (nSPS) is 15.3. The van der Waals surface area contributed by atoms with E-state index in [2.05, 4.69) is 30.3 Å². The lowest BCUT2D eigenvalue weighted by atomic mass is 9.85. The van der Waals surface area contributed by atoms with Crippen LogP contribution in [0.15, 0.2) is 18.2 Å². The predicted molar refractivity (Wildman–Crippen MR) is 79.0 cm³/mol. The highest BCUT2D eigenvalue weighted by atomic mass is 19.1. The van der Waals surface area contributed by atoms with Gasteiger partial charge in [0.05, 0.1) is 0 Å². The van der Waals surface area contributed by atoms with Crippen molar-refractivity contribution in [1.82, 2.24) is 5.32 Å². The van der Waals surface area contributed by atoms with E-state index in [0.717, 1.165) is 43.2 Å². The summed E-state index contributed by atoms with van der Waals surface area (Å²) in [4.78, 5) is 2.19. The third kappa shape index (κ3) is 4.20. The van der Waals surface area contributed by atoms with Crippen LogP contribution < -0.4 is 10.2 Å². The van der Waals surface area contributed by atoms with E-state index in [-0.39, 0.29) is 5.82 Å². The fourth-order valence-electron chi connectivity index (χ4n) is 2.53. The SMILES string of the molecule is CCCNCc1cc(F)cc(N(C)CC2CCC2)c1. The van der Waals surface area contributed by atoms with Crippen LogP contribution in [0.2, 0.25) is 0 Å². The summed E-state index contributed by atoms with van der Waals surface area (Å²) in [5.41, 5.74) is 2.03. The van der Waals surface area contributed by atoms with Gasteiger partial charge in [0.25, 0.3) is 0 Å². The molecule has 0 unspecified atom stereocenters. The van der Waals surface area contributed by atoms with E-state index >= 15 is 0 Å². The van der Waals surface area contributed by atoms with Crippen LogP contribution in [0.5, 0.6) is 0 Å². The maximum Gasteiger partial charge on any atom is 0.125 e. The number of hydrogen-bond acceptors (Lipinski definition) is 2. The van der Waals surface area contributed by atoms with Crippen LogP contribution in [0.3, 0.4) is 0 Å². The molecule has 0 aliphatic heterocycles. The zero-order valence-electron chi connectivity index (χ0n) is 12.1. The van der Waals surface area contributed by atoms with E-state index in [9.17, 15) is 4.39 Å². The number of nitrogens with zero attached hydrogens (tertiary/aromatic N) is 1. The molecule has 1 fully saturated rings. The monoisotopic (exact) mass is 264 g/mol. The molecule has 1 saturated carbocycles. The van der Waals surface area contributed by atoms with Crippen molar-refractivity contribution in [3.63, 3.8) is 0 Å². The maximum atomic E-state index is 13.7. The number of benzene rings is 1. The lowest BCUT2D eigenvalue weighted by Crippen LogP contribution is -2.29. The molecule has 2 rings (SSSR count). The van der Waals surface area contributed by atoms with Crippen molar-refractivity contribution < 1.29 is 4.39 Å². The quantitative estimate of drug-likeness (QED) is 0.758. The smallest absolute Gasteiger partial charge is 0.125 e. The molecule has 0 aromatic heterocycles. The first-order valence-electron chi connectivity index (χ1n) is 7.40. The van der Waals surface area contributed by atoms with Crippen molar-refractivity contribution in [3.8, 4) is 0 Å². The van der Waals surface area contributed by atoms with Crippen LogP contribution in [0.4, 0.5) is 10.1 Å². The van der Waals surface area contributed by atoms with Gasteiger partial charge in [0, 0.05) is 25.8 Å². The zero-order chi connectivity index (χ0) is 13.7. The third-order valence-corrected chi connectivity index (χ3v) is 3.90. The lowest BCUT2D eigenvalue weighted by Gasteiger charge is -2.31. The molecule has 106 valence electrons. The van der Waals surface area contributed by atoms with Crippen molar-refractivity contribution in [2.45, 2.75) is 39.2 Å². The molecule has 1 aromatic rings. The van der Waals surface area contributed by atoms with Gasteiger partial charge in [-0.2, -0.15) is 0 Å². The second kappa shape index (κ2) is 6.90. The highest BCUT2D eigenvalue weighted by molar-refractivity contribution is 5.48. The van der Waals surface area contributed by atoms with Gasteiger partial charge in [0.15, 0.2) is 0 Å². The van der Waals surface area contributed by atoms with Gasteiger partial charge in [-0.1, -0.05) is 13.3 Å². The van der Waals surface area contributed by atoms with Crippen LogP contribution >= 0.6 is 0 Å². The van der Waals surface area contributed by atoms with E-state index in [1.54, 1.807) is 12.1 Å². The van der Waals surface area contributed by atoms with E-state index in [0.29, 0.717) is 0 Å². The Kier molecular flexibility index (Phi) is 5.20. The van der Waals surface area contributed by atoms with Crippen molar-refractivity contribution in [3.05, 3.63) is 29.6 Å². The number of nitrogens with one attached hydrogen (secondary N) is 1. The molecule has 1 aliphatic rings. The number of rotatable bonds is 7. The van der Waals surface area contributed by atoms with Crippen LogP contribution in [-0.4, -0.2) is 20.1 Å². The van der Waals surface area contributed by atoms with Gasteiger partial charge in [0.1, 0.15) is 5.82 Å². The third-order valence-electron chi connectivity index (χ3n) is 3.90. The molecule has 0 amide bonds. The first-order chi connectivity index (χ1) is 9.19. The van der Waals surface area contributed by atoms with E-state index in [1.165, 1.54) is 19.3 Å². The molecule has 0 spiro atoms. The number of halogens is 1. The molecular formula is C16H25FN2. The number of anilines is 1. The molecule has 0 atom stereocenters. The van der Waals surface area contributed by atoms with E-state index in [4.69, 9.17) is 0 Å². The molecular weight excluding hydrogens is 239 g/mol. The van der Waals surface area contributed by atoms with Gasteiger partial charge in [-0.05, 0) is 55.5 Å². The van der Waals surface area contributed by atoms with E-state index < -0.39 is 0 Å². The summed E-state index contributed by atoms with van der Waals surface area (Å²) in [6.45, 7) is 4.90. The first kappa shape index (κ1) is 14.3. The second-order valence-electron chi connectivity index (χ2n) is 5.67. The van der Waals surface area contributed by atoms with Crippen LogP contribution in [-0.2, 0) is 6.54 Å². The highest BCUT2D eigenvalue weighted by Crippen LogP contribution is 2.28.